The number of para-hydroxylation sites is 1. The molecule has 1 aliphatic heterocycles. The SMILES string of the molecule is OC(CC1c2ccccc2-n2cncc21)c1cccnc1. The van der Waals surface area contributed by atoms with Gasteiger partial charge in [0, 0.05) is 24.5 Å². The van der Waals surface area contributed by atoms with Gasteiger partial charge in [0.15, 0.2) is 0 Å². The molecule has 3 heterocycles. The van der Waals surface area contributed by atoms with Crippen molar-refractivity contribution >= 4 is 0 Å². The molecule has 3 aromatic rings. The molecule has 0 bridgehead atoms. The molecule has 2 aromatic heterocycles. The van der Waals surface area contributed by atoms with Gasteiger partial charge >= 0.3 is 0 Å². The molecule has 0 saturated heterocycles. The fraction of sp³-hybridized carbons (Fsp3) is 0.176. The maximum Gasteiger partial charge on any atom is 0.0994 e. The number of nitrogens with zero attached hydrogens (tertiary/aromatic N) is 3. The Balaban J connectivity index is 1.70. The Morgan fingerprint density at radius 3 is 2.86 bits per heavy atom. The van der Waals surface area contributed by atoms with E-state index >= 15 is 0 Å². The summed E-state index contributed by atoms with van der Waals surface area (Å²) in [4.78, 5) is 8.32. The smallest absolute Gasteiger partial charge is 0.0994 e. The van der Waals surface area contributed by atoms with Crippen molar-refractivity contribution in [3.05, 3.63) is 78.1 Å². The lowest BCUT2D eigenvalue weighted by molar-refractivity contribution is 0.161. The third-order valence-electron chi connectivity index (χ3n) is 4.12. The molecule has 0 fully saturated rings. The first-order valence-electron chi connectivity index (χ1n) is 7.04. The van der Waals surface area contributed by atoms with Crippen molar-refractivity contribution in [3.8, 4) is 5.69 Å². The van der Waals surface area contributed by atoms with E-state index in [0.29, 0.717) is 6.42 Å². The lowest BCUT2D eigenvalue weighted by Gasteiger charge is -2.16. The third-order valence-corrected chi connectivity index (χ3v) is 4.12. The first-order chi connectivity index (χ1) is 10.3. The predicted molar refractivity (Wildman–Crippen MR) is 79.2 cm³/mol. The molecule has 0 amide bonds. The van der Waals surface area contributed by atoms with E-state index in [9.17, 15) is 5.11 Å². The van der Waals surface area contributed by atoms with Crippen molar-refractivity contribution < 1.29 is 5.11 Å². The number of aromatic nitrogens is 3. The van der Waals surface area contributed by atoms with E-state index in [0.717, 1.165) is 16.9 Å². The summed E-state index contributed by atoms with van der Waals surface area (Å²) in [6.45, 7) is 0. The first-order valence-corrected chi connectivity index (χ1v) is 7.04. The van der Waals surface area contributed by atoms with Gasteiger partial charge in [-0.05, 0) is 29.7 Å². The van der Waals surface area contributed by atoms with Crippen molar-refractivity contribution in [2.75, 3.05) is 0 Å². The summed E-state index contributed by atoms with van der Waals surface area (Å²) in [5.41, 5.74) is 4.40. The summed E-state index contributed by atoms with van der Waals surface area (Å²) in [6.07, 6.45) is 7.27. The summed E-state index contributed by atoms with van der Waals surface area (Å²) in [5, 5.41) is 10.5. The molecule has 1 N–H and O–H groups in total. The minimum absolute atomic E-state index is 0.166. The van der Waals surface area contributed by atoms with Crippen LogP contribution in [0.2, 0.25) is 0 Å². The number of aliphatic hydroxyl groups excluding tert-OH is 1. The number of imidazole rings is 1. The number of hydrogen-bond acceptors (Lipinski definition) is 3. The zero-order valence-corrected chi connectivity index (χ0v) is 11.4. The average Bonchev–Trinajstić information content (AvgIpc) is 3.11. The Kier molecular flexibility index (Phi) is 2.82. The van der Waals surface area contributed by atoms with Gasteiger partial charge in [0.1, 0.15) is 0 Å². The average molecular weight is 277 g/mol. The number of hydrogen-bond donors (Lipinski definition) is 1. The lowest BCUT2D eigenvalue weighted by atomic mass is 9.90. The molecule has 1 aliphatic rings. The number of pyridine rings is 1. The fourth-order valence-electron chi connectivity index (χ4n) is 3.11. The largest absolute Gasteiger partial charge is 0.388 e. The van der Waals surface area contributed by atoms with Crippen LogP contribution in [0, 0.1) is 0 Å². The highest BCUT2D eigenvalue weighted by Crippen LogP contribution is 2.42. The van der Waals surface area contributed by atoms with Crippen LogP contribution in [-0.4, -0.2) is 19.6 Å². The van der Waals surface area contributed by atoms with E-state index in [1.54, 1.807) is 12.4 Å². The topological polar surface area (TPSA) is 50.9 Å². The minimum atomic E-state index is -0.529. The van der Waals surface area contributed by atoms with Crippen LogP contribution >= 0.6 is 0 Å². The second-order valence-electron chi connectivity index (χ2n) is 5.34. The Morgan fingerprint density at radius 1 is 1.10 bits per heavy atom. The maximum atomic E-state index is 10.5. The summed E-state index contributed by atoms with van der Waals surface area (Å²) >= 11 is 0. The molecule has 4 nitrogen and oxygen atoms in total. The molecule has 0 aliphatic carbocycles. The van der Waals surface area contributed by atoms with Crippen LogP contribution in [0.1, 0.15) is 35.3 Å². The zero-order chi connectivity index (χ0) is 14.2. The molecule has 104 valence electrons. The van der Waals surface area contributed by atoms with Gasteiger partial charge in [0.05, 0.1) is 23.8 Å². The summed E-state index contributed by atoms with van der Waals surface area (Å²) in [6, 6.07) is 12.1. The number of fused-ring (bicyclic) bond motifs is 3. The van der Waals surface area contributed by atoms with Crippen LogP contribution in [-0.2, 0) is 0 Å². The molecular formula is C17H15N3O. The van der Waals surface area contributed by atoms with Crippen molar-refractivity contribution in [3.63, 3.8) is 0 Å². The second kappa shape index (κ2) is 4.82. The molecule has 2 atom stereocenters. The van der Waals surface area contributed by atoms with Crippen LogP contribution in [0.5, 0.6) is 0 Å². The molecule has 4 heteroatoms. The molecule has 21 heavy (non-hydrogen) atoms. The van der Waals surface area contributed by atoms with E-state index in [2.05, 4.69) is 26.7 Å². The fourth-order valence-corrected chi connectivity index (χ4v) is 3.11. The normalized spacial score (nSPS) is 17.3. The summed E-state index contributed by atoms with van der Waals surface area (Å²) in [7, 11) is 0. The van der Waals surface area contributed by atoms with Crippen molar-refractivity contribution in [2.24, 2.45) is 0 Å². The van der Waals surface area contributed by atoms with E-state index in [1.165, 1.54) is 5.56 Å². The number of rotatable bonds is 3. The lowest BCUT2D eigenvalue weighted by Crippen LogP contribution is -2.06. The molecular weight excluding hydrogens is 262 g/mol. The van der Waals surface area contributed by atoms with Crippen molar-refractivity contribution in [1.82, 2.24) is 14.5 Å². The van der Waals surface area contributed by atoms with Gasteiger partial charge in [0.2, 0.25) is 0 Å². The highest BCUT2D eigenvalue weighted by molar-refractivity contribution is 5.53. The molecule has 1 aromatic carbocycles. The highest BCUT2D eigenvalue weighted by atomic mass is 16.3. The van der Waals surface area contributed by atoms with Crippen LogP contribution in [0.3, 0.4) is 0 Å². The van der Waals surface area contributed by atoms with Gasteiger partial charge in [-0.1, -0.05) is 24.3 Å². The van der Waals surface area contributed by atoms with Gasteiger partial charge < -0.3 is 9.67 Å². The van der Waals surface area contributed by atoms with Gasteiger partial charge in [-0.15, -0.1) is 0 Å². The van der Waals surface area contributed by atoms with Gasteiger partial charge in [0.25, 0.3) is 0 Å². The van der Waals surface area contributed by atoms with Gasteiger partial charge in [-0.3, -0.25) is 4.98 Å². The molecule has 4 rings (SSSR count). The van der Waals surface area contributed by atoms with Crippen LogP contribution < -0.4 is 0 Å². The van der Waals surface area contributed by atoms with Gasteiger partial charge in [-0.25, -0.2) is 4.98 Å². The van der Waals surface area contributed by atoms with Gasteiger partial charge in [-0.2, -0.15) is 0 Å². The molecule has 0 spiro atoms. The Hall–Kier alpha value is -2.46. The Labute approximate surface area is 122 Å². The first kappa shape index (κ1) is 12.3. The Bertz CT molecular complexity index is 766. The van der Waals surface area contributed by atoms with Crippen LogP contribution in [0.4, 0.5) is 0 Å². The zero-order valence-electron chi connectivity index (χ0n) is 11.4. The molecule has 0 saturated carbocycles. The predicted octanol–water partition coefficient (Wildman–Crippen LogP) is 2.84. The van der Waals surface area contributed by atoms with E-state index in [4.69, 9.17) is 0 Å². The van der Waals surface area contributed by atoms with Crippen molar-refractivity contribution in [2.45, 2.75) is 18.4 Å². The number of aliphatic hydroxyl groups is 1. The van der Waals surface area contributed by atoms with Crippen LogP contribution in [0.15, 0.2) is 61.3 Å². The third kappa shape index (κ3) is 1.96. The minimum Gasteiger partial charge on any atom is -0.388 e. The quantitative estimate of drug-likeness (QED) is 0.801. The van der Waals surface area contributed by atoms with Crippen LogP contribution in [0.25, 0.3) is 5.69 Å². The highest BCUT2D eigenvalue weighted by Gasteiger charge is 2.30. The maximum absolute atomic E-state index is 10.5. The molecule has 0 radical (unpaired) electrons. The van der Waals surface area contributed by atoms with E-state index < -0.39 is 6.10 Å². The van der Waals surface area contributed by atoms with Crippen molar-refractivity contribution in [1.29, 1.82) is 0 Å². The second-order valence-corrected chi connectivity index (χ2v) is 5.34. The summed E-state index contributed by atoms with van der Waals surface area (Å²) < 4.78 is 2.11. The summed E-state index contributed by atoms with van der Waals surface area (Å²) in [5.74, 6) is 0.166. The Morgan fingerprint density at radius 2 is 2.00 bits per heavy atom. The standard InChI is InChI=1S/C17H15N3O/c21-17(12-4-3-7-18-9-12)8-14-13-5-1-2-6-15(13)20-11-19-10-16(14)20/h1-7,9-11,14,17,21H,8H2. The van der Waals surface area contributed by atoms with E-state index in [-0.39, 0.29) is 5.92 Å². The molecule has 2 unspecified atom stereocenters. The monoisotopic (exact) mass is 277 g/mol. The van der Waals surface area contributed by atoms with E-state index in [1.807, 2.05) is 36.8 Å². The number of benzene rings is 1.